The van der Waals surface area contributed by atoms with Gasteiger partial charge in [-0.3, -0.25) is 4.79 Å². The lowest BCUT2D eigenvalue weighted by atomic mass is 10.00. The van der Waals surface area contributed by atoms with Gasteiger partial charge < -0.3 is 10.0 Å². The van der Waals surface area contributed by atoms with E-state index in [4.69, 9.17) is 5.11 Å². The first kappa shape index (κ1) is 14.7. The Morgan fingerprint density at radius 1 is 1.05 bits per heavy atom. The molecule has 108 valence electrons. The van der Waals surface area contributed by atoms with Crippen molar-refractivity contribution in [3.05, 3.63) is 59.4 Å². The van der Waals surface area contributed by atoms with E-state index in [0.29, 0.717) is 11.1 Å². The maximum atomic E-state index is 13.9. The van der Waals surface area contributed by atoms with Gasteiger partial charge in [-0.05, 0) is 35.9 Å². The van der Waals surface area contributed by atoms with Gasteiger partial charge in [0.05, 0.1) is 5.56 Å². The van der Waals surface area contributed by atoms with Gasteiger partial charge >= 0.3 is 5.97 Å². The van der Waals surface area contributed by atoms with Crippen molar-refractivity contribution in [3.63, 3.8) is 0 Å². The van der Waals surface area contributed by atoms with E-state index in [-0.39, 0.29) is 17.0 Å². The molecular formula is C16H14FNO3. The molecule has 0 aliphatic rings. The molecule has 0 unspecified atom stereocenters. The third-order valence-corrected chi connectivity index (χ3v) is 3.04. The number of amides is 1. The molecule has 0 aromatic heterocycles. The second kappa shape index (κ2) is 5.75. The van der Waals surface area contributed by atoms with Crippen molar-refractivity contribution in [2.24, 2.45) is 0 Å². The van der Waals surface area contributed by atoms with E-state index in [9.17, 15) is 14.0 Å². The summed E-state index contributed by atoms with van der Waals surface area (Å²) in [7, 11) is 3.25. The van der Waals surface area contributed by atoms with E-state index in [1.807, 2.05) is 0 Å². The Hall–Kier alpha value is -2.69. The van der Waals surface area contributed by atoms with Crippen molar-refractivity contribution in [1.29, 1.82) is 0 Å². The van der Waals surface area contributed by atoms with Crippen molar-refractivity contribution >= 4 is 11.9 Å². The van der Waals surface area contributed by atoms with Crippen LogP contribution in [0, 0.1) is 5.82 Å². The van der Waals surface area contributed by atoms with E-state index >= 15 is 0 Å². The first-order valence-corrected chi connectivity index (χ1v) is 6.25. The van der Waals surface area contributed by atoms with Crippen molar-refractivity contribution < 1.29 is 19.1 Å². The van der Waals surface area contributed by atoms with Crippen LogP contribution in [0.1, 0.15) is 20.7 Å². The molecule has 0 heterocycles. The normalized spacial score (nSPS) is 10.2. The Morgan fingerprint density at radius 3 is 2.38 bits per heavy atom. The lowest BCUT2D eigenvalue weighted by molar-refractivity contribution is 0.0696. The number of rotatable bonds is 3. The van der Waals surface area contributed by atoms with Crippen LogP contribution in [0.5, 0.6) is 0 Å². The molecule has 0 aliphatic carbocycles. The molecule has 2 aromatic carbocycles. The maximum absolute atomic E-state index is 13.9. The molecule has 2 aromatic rings. The largest absolute Gasteiger partial charge is 0.478 e. The van der Waals surface area contributed by atoms with Crippen LogP contribution in [0.2, 0.25) is 0 Å². The number of hydrogen-bond donors (Lipinski definition) is 1. The van der Waals surface area contributed by atoms with E-state index in [2.05, 4.69) is 0 Å². The molecule has 0 saturated carbocycles. The molecule has 1 N–H and O–H groups in total. The summed E-state index contributed by atoms with van der Waals surface area (Å²) in [4.78, 5) is 24.3. The Bertz CT molecular complexity index is 710. The van der Waals surface area contributed by atoms with Crippen LogP contribution in [-0.4, -0.2) is 36.0 Å². The van der Waals surface area contributed by atoms with Gasteiger partial charge in [-0.15, -0.1) is 0 Å². The van der Waals surface area contributed by atoms with Crippen LogP contribution in [0.25, 0.3) is 11.1 Å². The van der Waals surface area contributed by atoms with Crippen LogP contribution in [0.4, 0.5) is 4.39 Å². The molecule has 0 aliphatic heterocycles. The lowest BCUT2D eigenvalue weighted by Crippen LogP contribution is -2.21. The number of halogens is 1. The fourth-order valence-corrected chi connectivity index (χ4v) is 1.96. The van der Waals surface area contributed by atoms with Crippen molar-refractivity contribution in [2.45, 2.75) is 0 Å². The second-order valence-electron chi connectivity index (χ2n) is 4.78. The second-order valence-corrected chi connectivity index (χ2v) is 4.78. The van der Waals surface area contributed by atoms with E-state index in [1.165, 1.54) is 17.0 Å². The topological polar surface area (TPSA) is 57.6 Å². The molecule has 5 heteroatoms. The van der Waals surface area contributed by atoms with Crippen molar-refractivity contribution in [2.75, 3.05) is 14.1 Å². The molecule has 4 nitrogen and oxygen atoms in total. The predicted octanol–water partition coefficient (Wildman–Crippen LogP) is 2.89. The SMILES string of the molecule is CN(C)C(=O)c1cccc(-c2cc(C(=O)O)ccc2F)c1. The first-order chi connectivity index (χ1) is 9.90. The minimum atomic E-state index is -1.13. The maximum Gasteiger partial charge on any atom is 0.335 e. The zero-order valence-electron chi connectivity index (χ0n) is 11.6. The summed E-state index contributed by atoms with van der Waals surface area (Å²) < 4.78 is 13.9. The Balaban J connectivity index is 2.52. The third kappa shape index (κ3) is 3.08. The molecule has 0 radical (unpaired) electrons. The standard InChI is InChI=1S/C16H14FNO3/c1-18(2)15(19)11-5-3-4-10(8-11)13-9-12(16(20)21)6-7-14(13)17/h3-9H,1-2H3,(H,20,21). The van der Waals surface area contributed by atoms with Gasteiger partial charge in [0.1, 0.15) is 5.82 Å². The molecule has 2 rings (SSSR count). The molecule has 0 saturated heterocycles. The average molecular weight is 287 g/mol. The fraction of sp³-hybridized carbons (Fsp3) is 0.125. The number of aromatic carboxylic acids is 1. The lowest BCUT2D eigenvalue weighted by Gasteiger charge is -2.12. The molecule has 0 spiro atoms. The summed E-state index contributed by atoms with van der Waals surface area (Å²) in [5.41, 5.74) is 1.03. The highest BCUT2D eigenvalue weighted by Crippen LogP contribution is 2.25. The molecule has 0 atom stereocenters. The molecule has 1 amide bonds. The summed E-state index contributed by atoms with van der Waals surface area (Å²) in [5, 5.41) is 8.98. The molecular weight excluding hydrogens is 273 g/mol. The monoisotopic (exact) mass is 287 g/mol. The van der Waals surface area contributed by atoms with Gasteiger partial charge in [0.25, 0.3) is 5.91 Å². The van der Waals surface area contributed by atoms with Crippen molar-refractivity contribution in [3.8, 4) is 11.1 Å². The number of carboxylic acid groups (broad SMARTS) is 1. The zero-order valence-corrected chi connectivity index (χ0v) is 11.6. The highest BCUT2D eigenvalue weighted by atomic mass is 19.1. The highest BCUT2D eigenvalue weighted by molar-refractivity contribution is 5.95. The highest BCUT2D eigenvalue weighted by Gasteiger charge is 2.13. The zero-order chi connectivity index (χ0) is 15.6. The van der Waals surface area contributed by atoms with Crippen molar-refractivity contribution in [1.82, 2.24) is 4.90 Å². The van der Waals surface area contributed by atoms with Gasteiger partial charge in [0.2, 0.25) is 0 Å². The smallest absolute Gasteiger partial charge is 0.335 e. The number of hydrogen-bond acceptors (Lipinski definition) is 2. The summed E-state index contributed by atoms with van der Waals surface area (Å²) >= 11 is 0. The molecule has 0 bridgehead atoms. The first-order valence-electron chi connectivity index (χ1n) is 6.25. The van der Waals surface area contributed by atoms with Crippen LogP contribution in [0.15, 0.2) is 42.5 Å². The average Bonchev–Trinajstić information content (AvgIpc) is 2.46. The predicted molar refractivity (Wildman–Crippen MR) is 76.8 cm³/mol. The number of nitrogens with zero attached hydrogens (tertiary/aromatic N) is 1. The quantitative estimate of drug-likeness (QED) is 0.944. The summed E-state index contributed by atoms with van der Waals surface area (Å²) in [5.74, 6) is -1.86. The Morgan fingerprint density at radius 2 is 1.76 bits per heavy atom. The van der Waals surface area contributed by atoms with Gasteiger partial charge in [0.15, 0.2) is 0 Å². The number of carbonyl (C=O) groups excluding carboxylic acids is 1. The minimum absolute atomic E-state index is 0.00395. The summed E-state index contributed by atoms with van der Waals surface area (Å²) in [6.07, 6.45) is 0. The van der Waals surface area contributed by atoms with E-state index < -0.39 is 11.8 Å². The van der Waals surface area contributed by atoms with E-state index in [0.717, 1.165) is 6.07 Å². The molecule has 21 heavy (non-hydrogen) atoms. The van der Waals surface area contributed by atoms with Crippen LogP contribution in [0.3, 0.4) is 0 Å². The number of carboxylic acids is 1. The van der Waals surface area contributed by atoms with Gasteiger partial charge in [-0.25, -0.2) is 9.18 Å². The van der Waals surface area contributed by atoms with Gasteiger partial charge in [-0.2, -0.15) is 0 Å². The van der Waals surface area contributed by atoms with Gasteiger partial charge in [-0.1, -0.05) is 12.1 Å². The number of carbonyl (C=O) groups is 2. The van der Waals surface area contributed by atoms with Crippen LogP contribution in [-0.2, 0) is 0 Å². The summed E-state index contributed by atoms with van der Waals surface area (Å²) in [6.45, 7) is 0. The molecule has 0 fully saturated rings. The van der Waals surface area contributed by atoms with Crippen LogP contribution < -0.4 is 0 Å². The van der Waals surface area contributed by atoms with E-state index in [1.54, 1.807) is 38.4 Å². The van der Waals surface area contributed by atoms with Crippen LogP contribution >= 0.6 is 0 Å². The number of benzene rings is 2. The Labute approximate surface area is 121 Å². The van der Waals surface area contributed by atoms with Gasteiger partial charge in [0, 0.05) is 25.2 Å². The fourth-order valence-electron chi connectivity index (χ4n) is 1.96. The minimum Gasteiger partial charge on any atom is -0.478 e. The Kier molecular flexibility index (Phi) is 4.03. The third-order valence-electron chi connectivity index (χ3n) is 3.04. The summed E-state index contributed by atoms with van der Waals surface area (Å²) in [6, 6.07) is 10.0.